The third-order valence-electron chi connectivity index (χ3n) is 1.21. The van der Waals surface area contributed by atoms with E-state index in [2.05, 4.69) is 10.8 Å². The van der Waals surface area contributed by atoms with Crippen LogP contribution in [0.3, 0.4) is 0 Å². The maximum Gasteiger partial charge on any atom is 0.0936 e. The van der Waals surface area contributed by atoms with Crippen LogP contribution in [0.5, 0.6) is 0 Å². The number of nitrogens with one attached hydrogen (secondary N) is 1. The van der Waals surface area contributed by atoms with E-state index in [1.807, 2.05) is 0 Å². The van der Waals surface area contributed by atoms with Crippen LogP contribution in [-0.2, 0) is 0 Å². The van der Waals surface area contributed by atoms with E-state index in [0.717, 1.165) is 12.8 Å². The number of hydrogen-bond donors (Lipinski definition) is 1. The molecule has 1 aliphatic carbocycles. The van der Waals surface area contributed by atoms with E-state index in [9.17, 15) is 0 Å². The van der Waals surface area contributed by atoms with Crippen molar-refractivity contribution >= 4 is 11.8 Å². The fourth-order valence-corrected chi connectivity index (χ4v) is 0.635. The zero-order chi connectivity index (χ0) is 5.33. The minimum absolute atomic E-state index is 0.123. The molecule has 0 aromatic heterocycles. The standard InChI is InChI=1S/C5H6ClN/c1-2-5(7-6)3-4-5/h1,7H,3-4H2. The van der Waals surface area contributed by atoms with Crippen LogP contribution in [0.25, 0.3) is 0 Å². The highest BCUT2D eigenvalue weighted by atomic mass is 35.5. The summed E-state index contributed by atoms with van der Waals surface area (Å²) >= 11 is 5.26. The van der Waals surface area contributed by atoms with Crippen LogP contribution >= 0.6 is 11.8 Å². The Morgan fingerprint density at radius 2 is 2.29 bits per heavy atom. The van der Waals surface area contributed by atoms with Gasteiger partial charge in [0, 0.05) is 0 Å². The Hall–Kier alpha value is -0.190. The molecule has 0 unspecified atom stereocenters. The van der Waals surface area contributed by atoms with Crippen molar-refractivity contribution in [3.05, 3.63) is 0 Å². The van der Waals surface area contributed by atoms with Crippen LogP contribution in [0.15, 0.2) is 0 Å². The lowest BCUT2D eigenvalue weighted by Crippen LogP contribution is -2.18. The van der Waals surface area contributed by atoms with Crippen molar-refractivity contribution in [1.29, 1.82) is 0 Å². The first-order valence-corrected chi connectivity index (χ1v) is 2.56. The maximum atomic E-state index is 5.26. The summed E-state index contributed by atoms with van der Waals surface area (Å²) in [5, 5.41) is 0. The number of rotatable bonds is 1. The Morgan fingerprint density at radius 1 is 1.71 bits per heavy atom. The second kappa shape index (κ2) is 1.40. The zero-order valence-electron chi connectivity index (χ0n) is 3.87. The molecule has 2 heteroatoms. The van der Waals surface area contributed by atoms with Gasteiger partial charge in [0.25, 0.3) is 0 Å². The number of terminal acetylenes is 1. The SMILES string of the molecule is C#CC1(NCl)CC1. The van der Waals surface area contributed by atoms with E-state index in [0.29, 0.717) is 0 Å². The Labute approximate surface area is 48.2 Å². The molecule has 0 radical (unpaired) electrons. The lowest BCUT2D eigenvalue weighted by Gasteiger charge is -1.97. The predicted molar refractivity (Wildman–Crippen MR) is 29.8 cm³/mol. The van der Waals surface area contributed by atoms with Gasteiger partial charge >= 0.3 is 0 Å². The van der Waals surface area contributed by atoms with E-state index >= 15 is 0 Å². The van der Waals surface area contributed by atoms with E-state index in [1.165, 1.54) is 0 Å². The van der Waals surface area contributed by atoms with Crippen LogP contribution in [0.1, 0.15) is 12.8 Å². The molecule has 1 fully saturated rings. The van der Waals surface area contributed by atoms with Crippen LogP contribution in [0.2, 0.25) is 0 Å². The minimum Gasteiger partial charge on any atom is -0.216 e. The molecular formula is C5H6ClN. The summed E-state index contributed by atoms with van der Waals surface area (Å²) < 4.78 is 0. The van der Waals surface area contributed by atoms with Gasteiger partial charge in [0.2, 0.25) is 0 Å². The highest BCUT2D eigenvalue weighted by Gasteiger charge is 2.39. The summed E-state index contributed by atoms with van der Waals surface area (Å²) in [7, 11) is 0. The molecule has 0 aliphatic heterocycles. The summed E-state index contributed by atoms with van der Waals surface area (Å²) in [6.07, 6.45) is 7.12. The highest BCUT2D eigenvalue weighted by Crippen LogP contribution is 2.34. The van der Waals surface area contributed by atoms with Gasteiger partial charge in [-0.25, -0.2) is 4.84 Å². The third-order valence-corrected chi connectivity index (χ3v) is 1.57. The quantitative estimate of drug-likeness (QED) is 0.396. The van der Waals surface area contributed by atoms with Gasteiger partial charge < -0.3 is 0 Å². The average Bonchev–Trinajstić information content (AvgIpc) is 2.46. The Morgan fingerprint density at radius 3 is 2.29 bits per heavy atom. The summed E-state index contributed by atoms with van der Waals surface area (Å²) in [4.78, 5) is 2.54. The molecule has 1 nitrogen and oxygen atoms in total. The molecule has 38 valence electrons. The molecule has 0 amide bonds. The Bertz CT molecular complexity index is 110. The van der Waals surface area contributed by atoms with Gasteiger partial charge in [-0.2, -0.15) is 0 Å². The summed E-state index contributed by atoms with van der Waals surface area (Å²) in [6, 6.07) is 0. The lowest BCUT2D eigenvalue weighted by molar-refractivity contribution is 0.803. The van der Waals surface area contributed by atoms with Crippen LogP contribution in [0, 0.1) is 12.3 Å². The van der Waals surface area contributed by atoms with Gasteiger partial charge in [0.1, 0.15) is 0 Å². The van der Waals surface area contributed by atoms with E-state index in [4.69, 9.17) is 18.2 Å². The molecule has 0 aromatic carbocycles. The molecule has 1 aliphatic rings. The molecule has 0 atom stereocenters. The van der Waals surface area contributed by atoms with Crippen molar-refractivity contribution in [1.82, 2.24) is 4.84 Å². The van der Waals surface area contributed by atoms with E-state index < -0.39 is 0 Å². The Kier molecular flexibility index (Phi) is 0.989. The van der Waals surface area contributed by atoms with Gasteiger partial charge in [0.05, 0.1) is 5.54 Å². The van der Waals surface area contributed by atoms with Crippen molar-refractivity contribution in [3.63, 3.8) is 0 Å². The first-order valence-electron chi connectivity index (χ1n) is 2.18. The van der Waals surface area contributed by atoms with Crippen molar-refractivity contribution in [2.75, 3.05) is 0 Å². The number of hydrogen-bond acceptors (Lipinski definition) is 1. The molecule has 0 saturated heterocycles. The summed E-state index contributed by atoms with van der Waals surface area (Å²) in [5.41, 5.74) is -0.123. The first-order chi connectivity index (χ1) is 3.33. The Balaban J connectivity index is 2.47. The fraction of sp³-hybridized carbons (Fsp3) is 0.600. The molecule has 0 heterocycles. The van der Waals surface area contributed by atoms with E-state index in [1.54, 1.807) is 0 Å². The van der Waals surface area contributed by atoms with Gasteiger partial charge in [-0.05, 0) is 24.6 Å². The molecule has 1 rings (SSSR count). The number of halogens is 1. The van der Waals surface area contributed by atoms with Crippen LogP contribution in [0.4, 0.5) is 0 Å². The van der Waals surface area contributed by atoms with Gasteiger partial charge in [-0.15, -0.1) is 6.42 Å². The second-order valence-corrected chi connectivity index (χ2v) is 2.01. The summed E-state index contributed by atoms with van der Waals surface area (Å²) in [6.45, 7) is 0. The minimum atomic E-state index is -0.123. The van der Waals surface area contributed by atoms with Crippen molar-refractivity contribution in [2.24, 2.45) is 0 Å². The van der Waals surface area contributed by atoms with Gasteiger partial charge in [-0.1, -0.05) is 5.92 Å². The van der Waals surface area contributed by atoms with Crippen molar-refractivity contribution < 1.29 is 0 Å². The van der Waals surface area contributed by atoms with Crippen molar-refractivity contribution in [2.45, 2.75) is 18.4 Å². The zero-order valence-corrected chi connectivity index (χ0v) is 4.63. The molecule has 7 heavy (non-hydrogen) atoms. The topological polar surface area (TPSA) is 12.0 Å². The molecule has 0 spiro atoms. The highest BCUT2D eigenvalue weighted by molar-refractivity contribution is 6.14. The van der Waals surface area contributed by atoms with Gasteiger partial charge in [0.15, 0.2) is 0 Å². The second-order valence-electron chi connectivity index (χ2n) is 1.82. The molecule has 1 saturated carbocycles. The van der Waals surface area contributed by atoms with Crippen molar-refractivity contribution in [3.8, 4) is 12.3 Å². The molecule has 0 bridgehead atoms. The van der Waals surface area contributed by atoms with Crippen LogP contribution < -0.4 is 4.84 Å². The maximum absolute atomic E-state index is 5.26. The molecule has 1 N–H and O–H groups in total. The third kappa shape index (κ3) is 0.722. The lowest BCUT2D eigenvalue weighted by atomic mass is 10.3. The first kappa shape index (κ1) is 4.96. The fourth-order valence-electron chi connectivity index (χ4n) is 0.391. The molecule has 0 aromatic rings. The summed E-state index contributed by atoms with van der Waals surface area (Å²) in [5.74, 6) is 2.56. The van der Waals surface area contributed by atoms with Gasteiger partial charge in [-0.3, -0.25) is 0 Å². The predicted octanol–water partition coefficient (Wildman–Crippen LogP) is 0.896. The van der Waals surface area contributed by atoms with Crippen LogP contribution in [-0.4, -0.2) is 5.54 Å². The molecular weight excluding hydrogens is 110 g/mol. The average molecular weight is 116 g/mol. The smallest absolute Gasteiger partial charge is 0.0936 e. The van der Waals surface area contributed by atoms with E-state index in [-0.39, 0.29) is 5.54 Å². The normalized spacial score (nSPS) is 23.4. The monoisotopic (exact) mass is 115 g/mol. The largest absolute Gasteiger partial charge is 0.216 e.